The van der Waals surface area contributed by atoms with Gasteiger partial charge >= 0.3 is 0 Å². The summed E-state index contributed by atoms with van der Waals surface area (Å²) in [5.41, 5.74) is 2.39. The summed E-state index contributed by atoms with van der Waals surface area (Å²) in [4.78, 5) is 16.6. The van der Waals surface area contributed by atoms with Gasteiger partial charge in [0.1, 0.15) is 24.7 Å². The molecule has 0 saturated carbocycles. The monoisotopic (exact) mass is 397 g/mol. The molecule has 0 fully saturated rings. The number of amides is 1. The van der Waals surface area contributed by atoms with Gasteiger partial charge in [0.15, 0.2) is 5.75 Å². The third-order valence-corrected chi connectivity index (χ3v) is 4.25. The Kier molecular flexibility index (Phi) is 5.39. The van der Waals surface area contributed by atoms with Crippen molar-refractivity contribution in [3.8, 4) is 17.5 Å². The Morgan fingerprint density at radius 2 is 1.90 bits per heavy atom. The standard InChI is InChI=1S/C21H15N7O2/c22-12-17-6-7-18(25-21(29)16-8-10-23-11-9-16)20(19(17)28-14-24-26-27-28)30-13-15-4-2-1-3-5-15/h1-11,14H,13H2,(H,25,29). The van der Waals surface area contributed by atoms with E-state index in [1.807, 2.05) is 30.3 Å². The van der Waals surface area contributed by atoms with Gasteiger partial charge in [-0.2, -0.15) is 9.94 Å². The molecule has 0 radical (unpaired) electrons. The van der Waals surface area contributed by atoms with E-state index >= 15 is 0 Å². The summed E-state index contributed by atoms with van der Waals surface area (Å²) in [6, 6.07) is 18.1. The van der Waals surface area contributed by atoms with E-state index in [1.54, 1.807) is 24.3 Å². The molecule has 9 nitrogen and oxygen atoms in total. The Morgan fingerprint density at radius 3 is 2.60 bits per heavy atom. The van der Waals surface area contributed by atoms with Crippen molar-refractivity contribution in [2.24, 2.45) is 0 Å². The second-order valence-corrected chi connectivity index (χ2v) is 6.17. The molecule has 30 heavy (non-hydrogen) atoms. The van der Waals surface area contributed by atoms with Crippen molar-refractivity contribution < 1.29 is 9.53 Å². The van der Waals surface area contributed by atoms with Crippen molar-refractivity contribution in [3.05, 3.63) is 90.0 Å². The maximum Gasteiger partial charge on any atom is 0.255 e. The zero-order valence-electron chi connectivity index (χ0n) is 15.6. The number of hydrogen-bond donors (Lipinski definition) is 1. The number of carbonyl (C=O) groups is 1. The predicted molar refractivity (Wildman–Crippen MR) is 107 cm³/mol. The van der Waals surface area contributed by atoms with Crippen LogP contribution in [0.4, 0.5) is 5.69 Å². The molecule has 4 aromatic rings. The molecule has 0 unspecified atom stereocenters. The lowest BCUT2D eigenvalue weighted by Crippen LogP contribution is -2.15. The summed E-state index contributed by atoms with van der Waals surface area (Å²) in [6.45, 7) is 0.225. The van der Waals surface area contributed by atoms with Crippen molar-refractivity contribution in [1.82, 2.24) is 25.2 Å². The zero-order valence-corrected chi connectivity index (χ0v) is 15.6. The van der Waals surface area contributed by atoms with E-state index in [2.05, 4.69) is 31.9 Å². The first-order chi connectivity index (χ1) is 14.8. The maximum atomic E-state index is 12.7. The van der Waals surface area contributed by atoms with Crippen LogP contribution in [0.2, 0.25) is 0 Å². The lowest BCUT2D eigenvalue weighted by molar-refractivity contribution is 0.102. The van der Waals surface area contributed by atoms with Crippen LogP contribution in [0.25, 0.3) is 5.69 Å². The molecule has 0 aliphatic carbocycles. The van der Waals surface area contributed by atoms with E-state index in [0.29, 0.717) is 22.5 Å². The maximum absolute atomic E-state index is 12.7. The first kappa shape index (κ1) is 18.8. The summed E-state index contributed by atoms with van der Waals surface area (Å²) < 4.78 is 7.40. The molecule has 1 amide bonds. The smallest absolute Gasteiger partial charge is 0.255 e. The van der Waals surface area contributed by atoms with Gasteiger partial charge in [-0.1, -0.05) is 30.3 Å². The number of rotatable bonds is 6. The van der Waals surface area contributed by atoms with E-state index in [-0.39, 0.29) is 18.3 Å². The highest BCUT2D eigenvalue weighted by Gasteiger charge is 2.20. The van der Waals surface area contributed by atoms with E-state index in [4.69, 9.17) is 4.74 Å². The van der Waals surface area contributed by atoms with Gasteiger partial charge in [-0.25, -0.2) is 0 Å². The number of nitriles is 1. The largest absolute Gasteiger partial charge is 0.484 e. The Labute approximate surface area is 171 Å². The summed E-state index contributed by atoms with van der Waals surface area (Å²) >= 11 is 0. The van der Waals surface area contributed by atoms with Crippen LogP contribution in [-0.2, 0) is 6.61 Å². The fraction of sp³-hybridized carbons (Fsp3) is 0.0476. The number of ether oxygens (including phenoxy) is 1. The van der Waals surface area contributed by atoms with Crippen LogP contribution in [0.1, 0.15) is 21.5 Å². The molecule has 0 spiro atoms. The molecular weight excluding hydrogens is 382 g/mol. The second kappa shape index (κ2) is 8.62. The lowest BCUT2D eigenvalue weighted by atomic mass is 10.1. The fourth-order valence-corrected chi connectivity index (χ4v) is 2.82. The molecule has 0 saturated heterocycles. The first-order valence-electron chi connectivity index (χ1n) is 8.95. The number of pyridine rings is 1. The number of carbonyl (C=O) groups excluding carboxylic acids is 1. The first-order valence-corrected chi connectivity index (χ1v) is 8.95. The second-order valence-electron chi connectivity index (χ2n) is 6.17. The molecule has 146 valence electrons. The summed E-state index contributed by atoms with van der Waals surface area (Å²) in [7, 11) is 0. The molecule has 0 aliphatic heterocycles. The highest BCUT2D eigenvalue weighted by molar-refractivity contribution is 6.05. The van der Waals surface area contributed by atoms with Crippen LogP contribution in [-0.4, -0.2) is 31.1 Å². The van der Waals surface area contributed by atoms with Gasteiger partial charge in [0, 0.05) is 18.0 Å². The number of benzene rings is 2. The highest BCUT2D eigenvalue weighted by atomic mass is 16.5. The van der Waals surface area contributed by atoms with Crippen molar-refractivity contribution in [2.45, 2.75) is 6.61 Å². The number of aromatic nitrogens is 5. The van der Waals surface area contributed by atoms with Crippen molar-refractivity contribution >= 4 is 11.6 Å². The van der Waals surface area contributed by atoms with Crippen LogP contribution in [0.3, 0.4) is 0 Å². The molecule has 0 atom stereocenters. The number of anilines is 1. The van der Waals surface area contributed by atoms with E-state index in [9.17, 15) is 10.1 Å². The fourth-order valence-electron chi connectivity index (χ4n) is 2.82. The van der Waals surface area contributed by atoms with Gasteiger partial charge in [-0.3, -0.25) is 9.78 Å². The van der Waals surface area contributed by atoms with Gasteiger partial charge in [0.05, 0.1) is 11.3 Å². The average Bonchev–Trinajstić information content (AvgIpc) is 3.33. The third kappa shape index (κ3) is 3.98. The van der Waals surface area contributed by atoms with Gasteiger partial charge in [-0.15, -0.1) is 5.10 Å². The minimum Gasteiger partial charge on any atom is -0.484 e. The van der Waals surface area contributed by atoms with Crippen LogP contribution in [0.5, 0.6) is 5.75 Å². The van der Waals surface area contributed by atoms with E-state index < -0.39 is 0 Å². The Balaban J connectivity index is 1.76. The zero-order chi connectivity index (χ0) is 20.8. The normalized spacial score (nSPS) is 10.2. The van der Waals surface area contributed by atoms with Crippen LogP contribution in [0.15, 0.2) is 73.3 Å². The molecule has 9 heteroatoms. The van der Waals surface area contributed by atoms with Crippen LogP contribution in [0, 0.1) is 11.3 Å². The van der Waals surface area contributed by atoms with E-state index in [0.717, 1.165) is 5.56 Å². The van der Waals surface area contributed by atoms with E-state index in [1.165, 1.54) is 23.4 Å². The molecule has 0 bridgehead atoms. The third-order valence-electron chi connectivity index (χ3n) is 4.25. The van der Waals surface area contributed by atoms with Gasteiger partial charge in [0.25, 0.3) is 5.91 Å². The van der Waals surface area contributed by atoms with Crippen LogP contribution >= 0.6 is 0 Å². The highest BCUT2D eigenvalue weighted by Crippen LogP contribution is 2.35. The minimum atomic E-state index is -0.339. The number of tetrazole rings is 1. The topological polar surface area (TPSA) is 119 Å². The SMILES string of the molecule is N#Cc1ccc(NC(=O)c2ccncc2)c(OCc2ccccc2)c1-n1cnnn1. The van der Waals surface area contributed by atoms with Crippen molar-refractivity contribution in [1.29, 1.82) is 5.26 Å². The van der Waals surface area contributed by atoms with Crippen molar-refractivity contribution in [2.75, 3.05) is 5.32 Å². The predicted octanol–water partition coefficient (Wildman–Crippen LogP) is 2.76. The number of nitrogens with zero attached hydrogens (tertiary/aromatic N) is 6. The summed E-state index contributed by atoms with van der Waals surface area (Å²) in [5, 5.41) is 23.6. The number of hydrogen-bond acceptors (Lipinski definition) is 7. The minimum absolute atomic E-state index is 0.225. The number of nitrogens with one attached hydrogen (secondary N) is 1. The molecule has 2 aromatic heterocycles. The average molecular weight is 397 g/mol. The summed E-state index contributed by atoms with van der Waals surface area (Å²) in [5.74, 6) is -0.0538. The molecule has 2 heterocycles. The van der Waals surface area contributed by atoms with Gasteiger partial charge in [0.2, 0.25) is 0 Å². The molecule has 0 aliphatic rings. The quantitative estimate of drug-likeness (QED) is 0.531. The molecule has 2 aromatic carbocycles. The van der Waals surface area contributed by atoms with Gasteiger partial charge < -0.3 is 10.1 Å². The lowest BCUT2D eigenvalue weighted by Gasteiger charge is -2.17. The Hall–Kier alpha value is -4.58. The Bertz CT molecular complexity index is 1190. The Morgan fingerprint density at radius 1 is 1.10 bits per heavy atom. The molecular formula is C21H15N7O2. The van der Waals surface area contributed by atoms with Gasteiger partial charge in [-0.05, 0) is 40.3 Å². The summed E-state index contributed by atoms with van der Waals surface area (Å²) in [6.07, 6.45) is 4.43. The van der Waals surface area contributed by atoms with Crippen molar-refractivity contribution in [3.63, 3.8) is 0 Å². The molecule has 4 rings (SSSR count). The molecule has 1 N–H and O–H groups in total. The van der Waals surface area contributed by atoms with Crippen LogP contribution < -0.4 is 10.1 Å².